The van der Waals surface area contributed by atoms with Gasteiger partial charge in [-0.05, 0) is 19.1 Å². The van der Waals surface area contributed by atoms with Crippen molar-refractivity contribution in [3.8, 4) is 11.8 Å². The second-order valence-corrected chi connectivity index (χ2v) is 2.49. The predicted octanol–water partition coefficient (Wildman–Crippen LogP) is 1.62. The highest BCUT2D eigenvalue weighted by Crippen LogP contribution is 2.14. The van der Waals surface area contributed by atoms with Crippen LogP contribution in [-0.2, 0) is 0 Å². The van der Waals surface area contributed by atoms with Gasteiger partial charge in [-0.15, -0.1) is 0 Å². The first-order valence-corrected chi connectivity index (χ1v) is 3.71. The van der Waals surface area contributed by atoms with Crippen LogP contribution in [0.4, 0.5) is 8.78 Å². The Balaban J connectivity index is 3.18. The van der Waals surface area contributed by atoms with Gasteiger partial charge in [-0.2, -0.15) is 0 Å². The second-order valence-electron chi connectivity index (χ2n) is 2.49. The van der Waals surface area contributed by atoms with E-state index in [1.54, 1.807) is 0 Å². The van der Waals surface area contributed by atoms with E-state index in [1.807, 2.05) is 0 Å². The van der Waals surface area contributed by atoms with Crippen LogP contribution in [0.25, 0.3) is 0 Å². The zero-order valence-corrected chi connectivity index (χ0v) is 7.06. The fraction of sp³-hybridized carbons (Fsp3) is 0.200. The van der Waals surface area contributed by atoms with Gasteiger partial charge in [0.15, 0.2) is 11.6 Å². The number of rotatable bonds is 0. The molecule has 0 saturated heterocycles. The molecule has 1 nitrogen and oxygen atoms in total. The molecule has 1 aromatic rings. The van der Waals surface area contributed by atoms with Crippen LogP contribution in [0.1, 0.15) is 11.1 Å². The lowest BCUT2D eigenvalue weighted by molar-refractivity contribution is 0.350. The quantitative estimate of drug-likeness (QED) is 0.604. The summed E-state index contributed by atoms with van der Waals surface area (Å²) in [7, 11) is 0. The van der Waals surface area contributed by atoms with Crippen molar-refractivity contribution >= 4 is 0 Å². The molecule has 0 bridgehead atoms. The van der Waals surface area contributed by atoms with Gasteiger partial charge in [-0.3, -0.25) is 0 Å². The molecular formula is C10H8F2O. The summed E-state index contributed by atoms with van der Waals surface area (Å²) in [6.45, 7) is 1.15. The molecule has 0 amide bonds. The summed E-state index contributed by atoms with van der Waals surface area (Å²) in [5.74, 6) is 3.13. The Morgan fingerprint density at radius 3 is 2.69 bits per heavy atom. The Hall–Kier alpha value is -1.40. The maximum atomic E-state index is 12.9. The number of halogens is 2. The lowest BCUT2D eigenvalue weighted by atomic mass is 10.1. The van der Waals surface area contributed by atoms with E-state index >= 15 is 0 Å². The van der Waals surface area contributed by atoms with Gasteiger partial charge in [0.25, 0.3) is 0 Å². The summed E-state index contributed by atoms with van der Waals surface area (Å²) in [6, 6.07) is 2.40. The number of benzene rings is 1. The first-order chi connectivity index (χ1) is 6.16. The molecule has 0 spiro atoms. The maximum absolute atomic E-state index is 12.9. The molecule has 1 rings (SSSR count). The monoisotopic (exact) mass is 182 g/mol. The fourth-order valence-corrected chi connectivity index (χ4v) is 0.922. The van der Waals surface area contributed by atoms with Crippen molar-refractivity contribution in [3.63, 3.8) is 0 Å². The van der Waals surface area contributed by atoms with Gasteiger partial charge in [-0.25, -0.2) is 8.78 Å². The molecule has 0 atom stereocenters. The van der Waals surface area contributed by atoms with Crippen molar-refractivity contribution in [2.45, 2.75) is 6.92 Å². The third kappa shape index (κ3) is 2.04. The molecule has 0 saturated carbocycles. The third-order valence-electron chi connectivity index (χ3n) is 1.64. The molecule has 68 valence electrons. The van der Waals surface area contributed by atoms with Gasteiger partial charge in [0.1, 0.15) is 6.61 Å². The second kappa shape index (κ2) is 4.01. The molecule has 0 radical (unpaired) electrons. The maximum Gasteiger partial charge on any atom is 0.162 e. The largest absolute Gasteiger partial charge is 0.384 e. The summed E-state index contributed by atoms with van der Waals surface area (Å²) >= 11 is 0. The van der Waals surface area contributed by atoms with E-state index in [4.69, 9.17) is 5.11 Å². The minimum absolute atomic E-state index is 0.168. The number of hydrogen-bond donors (Lipinski definition) is 1. The van der Waals surface area contributed by atoms with Crippen LogP contribution in [0.3, 0.4) is 0 Å². The van der Waals surface area contributed by atoms with E-state index in [0.717, 1.165) is 6.07 Å². The Morgan fingerprint density at radius 2 is 2.08 bits per heavy atom. The van der Waals surface area contributed by atoms with Crippen LogP contribution >= 0.6 is 0 Å². The van der Waals surface area contributed by atoms with Gasteiger partial charge in [0, 0.05) is 11.1 Å². The van der Waals surface area contributed by atoms with Crippen LogP contribution in [0.15, 0.2) is 12.1 Å². The van der Waals surface area contributed by atoms with Gasteiger partial charge < -0.3 is 5.11 Å². The summed E-state index contributed by atoms with van der Waals surface area (Å²) in [4.78, 5) is 0. The van der Waals surface area contributed by atoms with Crippen molar-refractivity contribution in [2.24, 2.45) is 0 Å². The fourth-order valence-electron chi connectivity index (χ4n) is 0.922. The zero-order valence-electron chi connectivity index (χ0n) is 7.06. The Kier molecular flexibility index (Phi) is 2.99. The molecule has 13 heavy (non-hydrogen) atoms. The topological polar surface area (TPSA) is 20.2 Å². The summed E-state index contributed by atoms with van der Waals surface area (Å²) in [5.41, 5.74) is 0.564. The average Bonchev–Trinajstić information content (AvgIpc) is 2.13. The van der Waals surface area contributed by atoms with Crippen molar-refractivity contribution in [1.29, 1.82) is 0 Å². The zero-order chi connectivity index (χ0) is 9.84. The third-order valence-corrected chi connectivity index (χ3v) is 1.64. The lowest BCUT2D eigenvalue weighted by Crippen LogP contribution is -1.92. The van der Waals surface area contributed by atoms with Crippen molar-refractivity contribution in [2.75, 3.05) is 6.61 Å². The van der Waals surface area contributed by atoms with Crippen LogP contribution < -0.4 is 0 Å². The van der Waals surface area contributed by atoms with Gasteiger partial charge >= 0.3 is 0 Å². The Bertz CT molecular complexity index is 374. The van der Waals surface area contributed by atoms with Crippen LogP contribution in [0, 0.1) is 30.4 Å². The van der Waals surface area contributed by atoms with Crippen molar-refractivity contribution < 1.29 is 13.9 Å². The molecule has 0 aliphatic carbocycles. The van der Waals surface area contributed by atoms with Crippen LogP contribution in [0.2, 0.25) is 0 Å². The average molecular weight is 182 g/mol. The van der Waals surface area contributed by atoms with E-state index in [-0.39, 0.29) is 12.2 Å². The molecule has 0 fully saturated rings. The Labute approximate surface area is 75.0 Å². The molecule has 0 aromatic heterocycles. The van der Waals surface area contributed by atoms with E-state index < -0.39 is 11.6 Å². The lowest BCUT2D eigenvalue weighted by Gasteiger charge is -1.99. The predicted molar refractivity (Wildman–Crippen MR) is 45.1 cm³/mol. The first-order valence-electron chi connectivity index (χ1n) is 3.71. The van der Waals surface area contributed by atoms with E-state index in [1.165, 1.54) is 13.0 Å². The molecular weight excluding hydrogens is 174 g/mol. The molecule has 0 unspecified atom stereocenters. The minimum atomic E-state index is -0.885. The first kappa shape index (κ1) is 9.69. The van der Waals surface area contributed by atoms with E-state index in [0.29, 0.717) is 5.56 Å². The number of aliphatic hydroxyl groups excluding tert-OH is 1. The molecule has 1 N–H and O–H groups in total. The smallest absolute Gasteiger partial charge is 0.162 e. The minimum Gasteiger partial charge on any atom is -0.384 e. The SMILES string of the molecule is Cc1c(C#CCO)ccc(F)c1F. The van der Waals surface area contributed by atoms with Gasteiger partial charge in [0.05, 0.1) is 0 Å². The highest BCUT2D eigenvalue weighted by molar-refractivity contribution is 5.41. The van der Waals surface area contributed by atoms with Crippen LogP contribution in [-0.4, -0.2) is 11.7 Å². The number of hydrogen-bond acceptors (Lipinski definition) is 1. The van der Waals surface area contributed by atoms with Crippen LogP contribution in [0.5, 0.6) is 0 Å². The highest BCUT2D eigenvalue weighted by atomic mass is 19.2. The van der Waals surface area contributed by atoms with Crippen molar-refractivity contribution in [1.82, 2.24) is 0 Å². The molecule has 0 aliphatic heterocycles. The summed E-state index contributed by atoms with van der Waals surface area (Å²) < 4.78 is 25.5. The molecule has 3 heteroatoms. The molecule has 0 aliphatic rings. The molecule has 1 aromatic carbocycles. The molecule has 0 heterocycles. The van der Waals surface area contributed by atoms with E-state index in [9.17, 15) is 8.78 Å². The van der Waals surface area contributed by atoms with Gasteiger partial charge in [0.2, 0.25) is 0 Å². The normalized spacial score (nSPS) is 9.23. The van der Waals surface area contributed by atoms with E-state index in [2.05, 4.69) is 11.8 Å². The highest BCUT2D eigenvalue weighted by Gasteiger charge is 2.07. The summed E-state index contributed by atoms with van der Waals surface area (Å²) in [6.07, 6.45) is 0. The van der Waals surface area contributed by atoms with Crippen molar-refractivity contribution in [3.05, 3.63) is 34.9 Å². The number of aliphatic hydroxyl groups is 1. The summed E-state index contributed by atoms with van der Waals surface area (Å²) in [5, 5.41) is 8.40. The Morgan fingerprint density at radius 1 is 1.38 bits per heavy atom. The standard InChI is InChI=1S/C10H8F2O/c1-7-8(3-2-6-13)4-5-9(11)10(7)12/h4-5,13H,6H2,1H3. The van der Waals surface area contributed by atoms with Gasteiger partial charge in [-0.1, -0.05) is 11.8 Å².